The second-order valence-electron chi connectivity index (χ2n) is 14.6. The van der Waals surface area contributed by atoms with Crippen molar-refractivity contribution in [2.45, 2.75) is 86.0 Å². The highest BCUT2D eigenvalue weighted by atomic mass is 16.6. The monoisotopic (exact) mass is 575 g/mol. The van der Waals surface area contributed by atoms with Crippen molar-refractivity contribution in [2.24, 2.45) is 5.41 Å². The number of anilines is 1. The minimum atomic E-state index is -0.527. The van der Waals surface area contributed by atoms with Crippen LogP contribution in [0, 0.1) is 5.41 Å². The lowest BCUT2D eigenvalue weighted by atomic mass is 9.96. The molecule has 0 spiro atoms. The van der Waals surface area contributed by atoms with Gasteiger partial charge in [0.25, 0.3) is 0 Å². The van der Waals surface area contributed by atoms with Gasteiger partial charge < -0.3 is 25.4 Å². The van der Waals surface area contributed by atoms with Gasteiger partial charge in [0.2, 0.25) is 0 Å². The summed E-state index contributed by atoms with van der Waals surface area (Å²) in [6.07, 6.45) is 0.757. The molecule has 41 heavy (non-hydrogen) atoms. The number of nitrogens with one attached hydrogen (secondary N) is 1. The van der Waals surface area contributed by atoms with Gasteiger partial charge in [-0.05, 0) is 71.1 Å². The Morgan fingerprint density at radius 2 is 1.27 bits per heavy atom. The number of ether oxygens (including phenoxy) is 2. The third-order valence-corrected chi connectivity index (χ3v) is 6.56. The zero-order valence-corrected chi connectivity index (χ0v) is 27.2. The molecule has 3 N–H and O–H groups in total. The predicted molar refractivity (Wildman–Crippen MR) is 167 cm³/mol. The fourth-order valence-corrected chi connectivity index (χ4v) is 4.97. The summed E-state index contributed by atoms with van der Waals surface area (Å²) in [5.41, 5.74) is 6.95. The molecule has 0 radical (unpaired) electrons. The van der Waals surface area contributed by atoms with Gasteiger partial charge in [-0.25, -0.2) is 0 Å². The maximum absolute atomic E-state index is 12.7. The molecule has 9 nitrogen and oxygen atoms in total. The van der Waals surface area contributed by atoms with E-state index in [2.05, 4.69) is 40.8 Å². The van der Waals surface area contributed by atoms with E-state index in [9.17, 15) is 9.59 Å². The molecule has 9 heteroatoms. The van der Waals surface area contributed by atoms with Gasteiger partial charge in [-0.2, -0.15) is 0 Å². The molecule has 1 aliphatic heterocycles. The topological polar surface area (TPSA) is 100 Å². The molecule has 0 aromatic heterocycles. The van der Waals surface area contributed by atoms with Gasteiger partial charge in [-0.15, -0.1) is 0 Å². The summed E-state index contributed by atoms with van der Waals surface area (Å²) >= 11 is 0. The first-order valence-electron chi connectivity index (χ1n) is 15.1. The first kappa shape index (κ1) is 35.0. The average Bonchev–Trinajstić information content (AvgIpc) is 2.87. The Balaban J connectivity index is 2.18. The molecule has 1 aromatic carbocycles. The first-order valence-corrected chi connectivity index (χ1v) is 15.1. The van der Waals surface area contributed by atoms with E-state index in [1.807, 2.05) is 65.8 Å². The van der Waals surface area contributed by atoms with Crippen LogP contribution >= 0.6 is 0 Å². The summed E-state index contributed by atoms with van der Waals surface area (Å²) in [5, 5.41) is 3.47. The largest absolute Gasteiger partial charge is 0.459 e. The van der Waals surface area contributed by atoms with Crippen molar-refractivity contribution in [1.29, 1.82) is 0 Å². The molecule has 1 heterocycles. The molecular weight excluding hydrogens is 518 g/mol. The van der Waals surface area contributed by atoms with Gasteiger partial charge in [0.05, 0.1) is 13.1 Å². The number of nitrogens with zero attached hydrogens (tertiary/aromatic N) is 3. The molecule has 1 saturated heterocycles. The summed E-state index contributed by atoms with van der Waals surface area (Å²) in [6.45, 7) is 25.5. The van der Waals surface area contributed by atoms with Crippen molar-refractivity contribution in [1.82, 2.24) is 20.0 Å². The normalized spacial score (nSPS) is 17.8. The molecule has 0 aliphatic carbocycles. The van der Waals surface area contributed by atoms with Gasteiger partial charge in [-0.1, -0.05) is 32.9 Å². The molecule has 234 valence electrons. The SMILES string of the molecule is CC(C)(C)CN1CCN(CC(=O)OC(C)(C)C)CCN(CC(Cc2ccc(N)cc2)NCC(=O)OC(C)(C)C)CC1. The highest BCUT2D eigenvalue weighted by Crippen LogP contribution is 2.17. The predicted octanol–water partition coefficient (Wildman–Crippen LogP) is 3.42. The van der Waals surface area contributed by atoms with E-state index in [1.165, 1.54) is 0 Å². The van der Waals surface area contributed by atoms with Crippen LogP contribution in [0.15, 0.2) is 24.3 Å². The number of benzene rings is 1. The van der Waals surface area contributed by atoms with Crippen molar-refractivity contribution >= 4 is 17.6 Å². The second kappa shape index (κ2) is 15.3. The van der Waals surface area contributed by atoms with Crippen molar-refractivity contribution in [3.8, 4) is 0 Å². The standard InChI is InChI=1S/C32H57N5O4/c1-30(2,3)24-37-18-16-35(14-15-36(17-19-37)23-29(39)41-32(7,8)9)22-27(20-25-10-12-26(33)13-11-25)34-21-28(38)40-31(4,5)6/h10-13,27,34H,14-24,33H2,1-9H3. The zero-order valence-electron chi connectivity index (χ0n) is 27.2. The minimum Gasteiger partial charge on any atom is -0.459 e. The highest BCUT2D eigenvalue weighted by molar-refractivity contribution is 5.72. The van der Waals surface area contributed by atoms with Crippen molar-refractivity contribution in [3.63, 3.8) is 0 Å². The fraction of sp³-hybridized carbons (Fsp3) is 0.750. The quantitative estimate of drug-likeness (QED) is 0.321. The summed E-state index contributed by atoms with van der Waals surface area (Å²) in [6, 6.07) is 7.95. The summed E-state index contributed by atoms with van der Waals surface area (Å²) in [4.78, 5) is 32.4. The molecule has 0 saturated carbocycles. The van der Waals surface area contributed by atoms with Crippen LogP contribution in [-0.4, -0.2) is 109 Å². The lowest BCUT2D eigenvalue weighted by Crippen LogP contribution is -2.48. The summed E-state index contributed by atoms with van der Waals surface area (Å²) in [5.74, 6) is -0.449. The highest BCUT2D eigenvalue weighted by Gasteiger charge is 2.25. The number of hydrogen-bond donors (Lipinski definition) is 2. The molecule has 2 rings (SSSR count). The lowest BCUT2D eigenvalue weighted by Gasteiger charge is -2.32. The van der Waals surface area contributed by atoms with Crippen LogP contribution in [0.1, 0.15) is 67.9 Å². The van der Waals surface area contributed by atoms with Gasteiger partial charge in [0.15, 0.2) is 0 Å². The van der Waals surface area contributed by atoms with E-state index in [4.69, 9.17) is 15.2 Å². The van der Waals surface area contributed by atoms with Crippen molar-refractivity contribution in [2.75, 3.05) is 71.2 Å². The van der Waals surface area contributed by atoms with Gasteiger partial charge >= 0.3 is 11.9 Å². The van der Waals surface area contributed by atoms with Gasteiger partial charge in [0.1, 0.15) is 11.2 Å². The Kier molecular flexibility index (Phi) is 13.1. The number of nitrogen functional groups attached to an aromatic ring is 1. The maximum Gasteiger partial charge on any atom is 0.320 e. The average molecular weight is 576 g/mol. The molecule has 1 fully saturated rings. The van der Waals surface area contributed by atoms with E-state index in [1.54, 1.807) is 0 Å². The number of hydrogen-bond acceptors (Lipinski definition) is 9. The summed E-state index contributed by atoms with van der Waals surface area (Å²) in [7, 11) is 0. The van der Waals surface area contributed by atoms with Crippen LogP contribution in [0.3, 0.4) is 0 Å². The molecular formula is C32H57N5O4. The van der Waals surface area contributed by atoms with E-state index in [0.717, 1.165) is 70.0 Å². The van der Waals surface area contributed by atoms with Gasteiger partial charge in [0, 0.05) is 64.1 Å². The van der Waals surface area contributed by atoms with Crippen LogP contribution in [0.2, 0.25) is 0 Å². The third kappa shape index (κ3) is 16.1. The van der Waals surface area contributed by atoms with Crippen LogP contribution < -0.4 is 11.1 Å². The zero-order chi connectivity index (χ0) is 30.8. The number of nitrogens with two attached hydrogens (primary N) is 1. The van der Waals surface area contributed by atoms with Crippen LogP contribution in [0.25, 0.3) is 0 Å². The smallest absolute Gasteiger partial charge is 0.320 e. The van der Waals surface area contributed by atoms with Crippen LogP contribution in [-0.2, 0) is 25.5 Å². The van der Waals surface area contributed by atoms with E-state index in [0.29, 0.717) is 0 Å². The summed E-state index contributed by atoms with van der Waals surface area (Å²) < 4.78 is 11.2. The number of rotatable bonds is 10. The Hall–Kier alpha value is -2.20. The molecule has 0 amide bonds. The second-order valence-corrected chi connectivity index (χ2v) is 14.6. The Morgan fingerprint density at radius 3 is 1.78 bits per heavy atom. The fourth-order valence-electron chi connectivity index (χ4n) is 4.97. The molecule has 1 atom stereocenters. The van der Waals surface area contributed by atoms with E-state index >= 15 is 0 Å². The third-order valence-electron chi connectivity index (χ3n) is 6.56. The number of carbonyl (C=O) groups excluding carboxylic acids is 2. The molecule has 1 aliphatic rings. The number of esters is 2. The minimum absolute atomic E-state index is 0.0299. The van der Waals surface area contributed by atoms with Crippen molar-refractivity contribution in [3.05, 3.63) is 29.8 Å². The maximum atomic E-state index is 12.7. The van der Waals surface area contributed by atoms with Crippen LogP contribution in [0.4, 0.5) is 5.69 Å². The Bertz CT molecular complexity index is 947. The molecule has 0 bridgehead atoms. The van der Waals surface area contributed by atoms with Crippen molar-refractivity contribution < 1.29 is 19.1 Å². The van der Waals surface area contributed by atoms with E-state index < -0.39 is 11.2 Å². The van der Waals surface area contributed by atoms with Crippen LogP contribution in [0.5, 0.6) is 0 Å². The van der Waals surface area contributed by atoms with E-state index in [-0.39, 0.29) is 36.5 Å². The Morgan fingerprint density at radius 1 is 0.780 bits per heavy atom. The number of carbonyl (C=O) groups is 2. The first-order chi connectivity index (χ1) is 18.9. The molecule has 1 unspecified atom stereocenters. The lowest BCUT2D eigenvalue weighted by molar-refractivity contribution is -0.156. The molecule has 1 aromatic rings. The Labute approximate surface area is 249 Å². The van der Waals surface area contributed by atoms with Gasteiger partial charge in [-0.3, -0.25) is 19.4 Å².